The number of hydrogen-bond acceptors (Lipinski definition) is 7. The topological polar surface area (TPSA) is 106 Å². The molecule has 0 amide bonds. The van der Waals surface area contributed by atoms with Crippen molar-refractivity contribution in [2.45, 2.75) is 75.4 Å². The molecule has 2 saturated heterocycles. The number of anilines is 1. The standard InChI is InChI=1S/C28H26F3N5O4/c29-28(30,31)21-4-2-1-3-19(21)25-20(26(40-34-25)15-5-6-15)14-39-18-11-16-7-8-17(12-18)36(16)23-9-10-35-24(32-23)13-22(33-35)27(37)38/h1-4,9-10,13,15-18H,5-8,11-12,14H2,(H,37,38). The van der Waals surface area contributed by atoms with Crippen molar-refractivity contribution in [2.75, 3.05) is 4.90 Å². The molecule has 1 aliphatic carbocycles. The average Bonchev–Trinajstić information content (AvgIpc) is 3.43. The van der Waals surface area contributed by atoms with Gasteiger partial charge in [0.05, 0.1) is 18.3 Å². The number of rotatable bonds is 7. The zero-order chi connectivity index (χ0) is 27.6. The molecule has 3 aliphatic rings. The summed E-state index contributed by atoms with van der Waals surface area (Å²) >= 11 is 0. The zero-order valence-corrected chi connectivity index (χ0v) is 21.3. The van der Waals surface area contributed by atoms with E-state index in [4.69, 9.17) is 9.26 Å². The summed E-state index contributed by atoms with van der Waals surface area (Å²) in [5, 5.41) is 17.4. The lowest BCUT2D eigenvalue weighted by molar-refractivity contribution is -0.137. The van der Waals surface area contributed by atoms with Crippen LogP contribution in [0.1, 0.15) is 71.8 Å². The van der Waals surface area contributed by atoms with E-state index in [0.29, 0.717) is 17.0 Å². The summed E-state index contributed by atoms with van der Waals surface area (Å²) in [4.78, 5) is 18.3. The summed E-state index contributed by atoms with van der Waals surface area (Å²) in [6.45, 7) is 0.138. The van der Waals surface area contributed by atoms with Gasteiger partial charge in [-0.05, 0) is 50.7 Å². The Morgan fingerprint density at radius 2 is 1.85 bits per heavy atom. The van der Waals surface area contributed by atoms with Gasteiger partial charge in [0.1, 0.15) is 17.3 Å². The third-order valence-corrected chi connectivity index (χ3v) is 8.20. The fraction of sp³-hybridized carbons (Fsp3) is 0.429. The van der Waals surface area contributed by atoms with Crippen molar-refractivity contribution < 1.29 is 32.3 Å². The summed E-state index contributed by atoms with van der Waals surface area (Å²) in [5.41, 5.74) is 0.490. The molecule has 7 rings (SSSR count). The third kappa shape index (κ3) is 4.40. The van der Waals surface area contributed by atoms with Crippen molar-refractivity contribution in [1.82, 2.24) is 19.8 Å². The van der Waals surface area contributed by atoms with Gasteiger partial charge >= 0.3 is 12.1 Å². The first-order chi connectivity index (χ1) is 19.3. The van der Waals surface area contributed by atoms with Gasteiger partial charge in [-0.2, -0.15) is 18.3 Å². The molecule has 9 nitrogen and oxygen atoms in total. The monoisotopic (exact) mass is 553 g/mol. The molecule has 2 bridgehead atoms. The van der Waals surface area contributed by atoms with Gasteiger partial charge in [-0.1, -0.05) is 23.4 Å². The first-order valence-electron chi connectivity index (χ1n) is 13.4. The average molecular weight is 554 g/mol. The summed E-state index contributed by atoms with van der Waals surface area (Å²) in [5.74, 6) is 0.470. The number of hydrogen-bond donors (Lipinski definition) is 1. The first kappa shape index (κ1) is 25.1. The van der Waals surface area contributed by atoms with Crippen molar-refractivity contribution in [1.29, 1.82) is 0 Å². The van der Waals surface area contributed by atoms with Crippen molar-refractivity contribution in [3.05, 3.63) is 65.2 Å². The minimum Gasteiger partial charge on any atom is -0.476 e. The molecule has 5 heterocycles. The number of nitrogens with zero attached hydrogens (tertiary/aromatic N) is 5. The highest BCUT2D eigenvalue weighted by Gasteiger charge is 2.43. The molecule has 3 fully saturated rings. The van der Waals surface area contributed by atoms with E-state index in [0.717, 1.165) is 50.4 Å². The van der Waals surface area contributed by atoms with Crippen LogP contribution in [0.4, 0.5) is 19.0 Å². The molecule has 0 radical (unpaired) electrons. The van der Waals surface area contributed by atoms with Gasteiger partial charge in [0.15, 0.2) is 11.3 Å². The molecule has 0 spiro atoms. The number of carboxylic acid groups (broad SMARTS) is 1. The molecule has 2 atom stereocenters. The van der Waals surface area contributed by atoms with E-state index >= 15 is 0 Å². The van der Waals surface area contributed by atoms with Crippen LogP contribution in [-0.2, 0) is 17.5 Å². The van der Waals surface area contributed by atoms with Crippen LogP contribution in [-0.4, -0.2) is 49.0 Å². The summed E-state index contributed by atoms with van der Waals surface area (Å²) in [7, 11) is 0. The van der Waals surface area contributed by atoms with E-state index in [9.17, 15) is 23.1 Å². The van der Waals surface area contributed by atoms with E-state index in [1.165, 1.54) is 22.7 Å². The smallest absolute Gasteiger partial charge is 0.417 e. The zero-order valence-electron chi connectivity index (χ0n) is 21.3. The van der Waals surface area contributed by atoms with Gasteiger partial charge in [-0.25, -0.2) is 14.3 Å². The maximum Gasteiger partial charge on any atom is 0.417 e. The largest absolute Gasteiger partial charge is 0.476 e. The summed E-state index contributed by atoms with van der Waals surface area (Å²) < 4.78 is 54.8. The molecule has 3 aromatic heterocycles. The number of carbonyl (C=O) groups is 1. The molecule has 12 heteroatoms. The summed E-state index contributed by atoms with van der Waals surface area (Å²) in [6, 6.07) is 9.13. The van der Waals surface area contributed by atoms with Crippen molar-refractivity contribution >= 4 is 17.4 Å². The number of halogens is 3. The molecule has 40 heavy (non-hydrogen) atoms. The molecule has 1 saturated carbocycles. The predicted octanol–water partition coefficient (Wildman–Crippen LogP) is 5.70. The Bertz CT molecular complexity index is 1580. The highest BCUT2D eigenvalue weighted by atomic mass is 19.4. The maximum absolute atomic E-state index is 13.8. The van der Waals surface area contributed by atoms with Gasteiger partial charge in [0.2, 0.25) is 0 Å². The van der Waals surface area contributed by atoms with E-state index in [2.05, 4.69) is 20.1 Å². The Kier molecular flexibility index (Phi) is 5.84. The van der Waals surface area contributed by atoms with E-state index < -0.39 is 17.7 Å². The van der Waals surface area contributed by atoms with Crippen LogP contribution in [0.15, 0.2) is 47.1 Å². The number of aromatic carboxylic acids is 1. The first-order valence-corrected chi connectivity index (χ1v) is 13.4. The minimum atomic E-state index is -4.51. The van der Waals surface area contributed by atoms with Crippen LogP contribution in [0.25, 0.3) is 16.9 Å². The maximum atomic E-state index is 13.8. The highest BCUT2D eigenvalue weighted by molar-refractivity contribution is 5.86. The molecular weight excluding hydrogens is 527 g/mol. The van der Waals surface area contributed by atoms with Crippen LogP contribution in [0.3, 0.4) is 0 Å². The van der Waals surface area contributed by atoms with Gasteiger partial charge in [-0.3, -0.25) is 0 Å². The van der Waals surface area contributed by atoms with E-state index in [-0.39, 0.29) is 47.7 Å². The molecular formula is C28H26F3N5O4. The Hall–Kier alpha value is -3.93. The molecule has 2 unspecified atom stereocenters. The predicted molar refractivity (Wildman–Crippen MR) is 136 cm³/mol. The Morgan fingerprint density at radius 3 is 2.55 bits per heavy atom. The van der Waals surface area contributed by atoms with Crippen LogP contribution >= 0.6 is 0 Å². The van der Waals surface area contributed by atoms with Gasteiger partial charge in [-0.15, -0.1) is 0 Å². The number of ether oxygens (including phenoxy) is 1. The number of alkyl halides is 3. The number of fused-ring (bicyclic) bond motifs is 3. The van der Waals surface area contributed by atoms with Crippen LogP contribution in [0.2, 0.25) is 0 Å². The van der Waals surface area contributed by atoms with E-state index in [1.807, 2.05) is 6.07 Å². The van der Waals surface area contributed by atoms with Crippen LogP contribution in [0.5, 0.6) is 0 Å². The van der Waals surface area contributed by atoms with E-state index in [1.54, 1.807) is 12.3 Å². The number of benzene rings is 1. The number of carboxylic acids is 1. The quantitative estimate of drug-likeness (QED) is 0.311. The number of aromatic nitrogens is 4. The highest BCUT2D eigenvalue weighted by Crippen LogP contribution is 2.46. The third-order valence-electron chi connectivity index (χ3n) is 8.20. The van der Waals surface area contributed by atoms with Crippen molar-refractivity contribution in [3.63, 3.8) is 0 Å². The fourth-order valence-corrected chi connectivity index (χ4v) is 6.23. The number of piperidine rings is 1. The minimum absolute atomic E-state index is 0.00605. The SMILES string of the molecule is O=C(O)c1cc2nc(N3C4CCC3CC(OCc3c(-c5ccccc5C(F)(F)F)noc3C3CC3)C4)ccn2n1. The Morgan fingerprint density at radius 1 is 1.10 bits per heavy atom. The lowest BCUT2D eigenvalue weighted by atomic mass is 9.98. The lowest BCUT2D eigenvalue weighted by Crippen LogP contribution is -2.46. The molecule has 1 aromatic carbocycles. The fourth-order valence-electron chi connectivity index (χ4n) is 6.23. The van der Waals surface area contributed by atoms with Gasteiger partial charge < -0.3 is 19.3 Å². The molecule has 2 aliphatic heterocycles. The van der Waals surface area contributed by atoms with Gasteiger partial charge in [0.25, 0.3) is 0 Å². The Labute approximate surface area is 226 Å². The van der Waals surface area contributed by atoms with Crippen molar-refractivity contribution in [3.8, 4) is 11.3 Å². The van der Waals surface area contributed by atoms with Crippen LogP contribution in [0, 0.1) is 0 Å². The second-order valence-corrected chi connectivity index (χ2v) is 10.8. The van der Waals surface area contributed by atoms with Crippen LogP contribution < -0.4 is 4.90 Å². The molecule has 4 aromatic rings. The molecule has 208 valence electrons. The second kappa shape index (κ2) is 9.33. The normalized spacial score (nSPS) is 22.8. The molecule has 1 N–H and O–H groups in total. The second-order valence-electron chi connectivity index (χ2n) is 10.8. The Balaban J connectivity index is 1.10. The lowest BCUT2D eigenvalue weighted by Gasteiger charge is -2.39. The summed E-state index contributed by atoms with van der Waals surface area (Å²) in [6.07, 6.45) is 2.44. The van der Waals surface area contributed by atoms with Crippen molar-refractivity contribution in [2.24, 2.45) is 0 Å². The van der Waals surface area contributed by atoms with Gasteiger partial charge in [0, 0.05) is 41.4 Å².